The van der Waals surface area contributed by atoms with Gasteiger partial charge in [-0.05, 0) is 75.8 Å². The molecule has 6 aromatic carbocycles. The van der Waals surface area contributed by atoms with Gasteiger partial charge in [0, 0.05) is 35.6 Å². The summed E-state index contributed by atoms with van der Waals surface area (Å²) in [6, 6.07) is 45.8. The summed E-state index contributed by atoms with van der Waals surface area (Å²) in [5.41, 5.74) is 16.5. The molecule has 0 aliphatic rings. The molecule has 7 rings (SSSR count). The van der Waals surface area contributed by atoms with Crippen LogP contribution in [-0.2, 0) is 13.0 Å². The van der Waals surface area contributed by atoms with E-state index >= 15 is 0 Å². The maximum atomic E-state index is 5.97. The van der Waals surface area contributed by atoms with Gasteiger partial charge in [0.1, 0.15) is 0 Å². The van der Waals surface area contributed by atoms with Crippen LogP contribution in [0.15, 0.2) is 132 Å². The second-order valence-corrected chi connectivity index (χ2v) is 10.5. The van der Waals surface area contributed by atoms with Gasteiger partial charge in [-0.1, -0.05) is 97.1 Å². The van der Waals surface area contributed by atoms with Crippen LogP contribution in [0.2, 0.25) is 0 Å². The fourth-order valence-corrected chi connectivity index (χ4v) is 6.17. The van der Waals surface area contributed by atoms with Crippen LogP contribution >= 0.6 is 0 Å². The molecule has 0 atom stereocenters. The Hall–Kier alpha value is -4.99. The monoisotopic (exact) mass is 529 g/mol. The lowest BCUT2D eigenvalue weighted by atomic mass is 9.92. The highest BCUT2D eigenvalue weighted by atomic mass is 15.0. The number of aromatic nitrogens is 1. The first-order chi connectivity index (χ1) is 20.2. The van der Waals surface area contributed by atoms with Crippen molar-refractivity contribution in [1.29, 1.82) is 0 Å². The molecule has 41 heavy (non-hydrogen) atoms. The van der Waals surface area contributed by atoms with Gasteiger partial charge in [0.15, 0.2) is 0 Å². The maximum Gasteiger partial charge on any atom is 0.0667 e. The predicted molar refractivity (Wildman–Crippen MR) is 175 cm³/mol. The summed E-state index contributed by atoms with van der Waals surface area (Å²) in [6.45, 7) is 2.50. The van der Waals surface area contributed by atoms with Crippen LogP contribution in [0.4, 0.5) is 5.69 Å². The second-order valence-electron chi connectivity index (χ2n) is 10.5. The fraction of sp³-hybridized carbons (Fsp3) is 0.0789. The minimum Gasteiger partial charge on any atom is -0.326 e. The van der Waals surface area contributed by atoms with Gasteiger partial charge in [-0.3, -0.25) is 4.99 Å². The Morgan fingerprint density at radius 3 is 2.34 bits per heavy atom. The molecule has 0 saturated heterocycles. The van der Waals surface area contributed by atoms with Crippen LogP contribution in [0.5, 0.6) is 0 Å². The predicted octanol–water partition coefficient (Wildman–Crippen LogP) is 9.38. The van der Waals surface area contributed by atoms with Crippen LogP contribution in [-0.4, -0.2) is 10.8 Å². The number of para-hydroxylation sites is 1. The quantitative estimate of drug-likeness (QED) is 0.214. The average Bonchev–Trinajstić information content (AvgIpc) is 3.36. The van der Waals surface area contributed by atoms with Crippen molar-refractivity contribution in [2.24, 2.45) is 10.7 Å². The Morgan fingerprint density at radius 1 is 0.683 bits per heavy atom. The lowest BCUT2D eigenvalue weighted by Crippen LogP contribution is -1.99. The zero-order valence-corrected chi connectivity index (χ0v) is 23.1. The van der Waals surface area contributed by atoms with E-state index in [1.165, 1.54) is 54.8 Å². The van der Waals surface area contributed by atoms with Gasteiger partial charge >= 0.3 is 0 Å². The number of benzene rings is 6. The van der Waals surface area contributed by atoms with E-state index in [2.05, 4.69) is 132 Å². The number of aliphatic imine (C=N–C) groups is 1. The molecule has 0 bridgehead atoms. The molecular weight excluding hydrogens is 498 g/mol. The third-order valence-electron chi connectivity index (χ3n) is 8.01. The van der Waals surface area contributed by atoms with Crippen molar-refractivity contribution in [3.8, 4) is 16.8 Å². The van der Waals surface area contributed by atoms with Gasteiger partial charge in [-0.25, -0.2) is 0 Å². The van der Waals surface area contributed by atoms with Crippen molar-refractivity contribution in [1.82, 2.24) is 4.57 Å². The lowest BCUT2D eigenvalue weighted by Gasteiger charge is -2.15. The summed E-state index contributed by atoms with van der Waals surface area (Å²) in [4.78, 5) is 4.77. The first-order valence-corrected chi connectivity index (χ1v) is 14.2. The second kappa shape index (κ2) is 10.5. The van der Waals surface area contributed by atoms with Crippen molar-refractivity contribution >= 4 is 44.5 Å². The minimum atomic E-state index is 0.533. The highest BCUT2D eigenvalue weighted by Gasteiger charge is 2.17. The number of fused-ring (bicyclic) bond motifs is 5. The molecule has 0 saturated carbocycles. The first kappa shape index (κ1) is 25.0. The van der Waals surface area contributed by atoms with Gasteiger partial charge in [0.2, 0.25) is 0 Å². The summed E-state index contributed by atoms with van der Waals surface area (Å²) in [5.74, 6) is 0. The van der Waals surface area contributed by atoms with Crippen LogP contribution in [0.25, 0.3) is 49.4 Å². The normalized spacial score (nSPS) is 11.8. The van der Waals surface area contributed by atoms with E-state index in [4.69, 9.17) is 10.7 Å². The highest BCUT2D eigenvalue weighted by Crippen LogP contribution is 2.40. The molecule has 0 radical (unpaired) electrons. The number of rotatable bonds is 6. The molecule has 0 fully saturated rings. The lowest BCUT2D eigenvalue weighted by molar-refractivity contribution is 1.06. The largest absolute Gasteiger partial charge is 0.326 e. The third-order valence-corrected chi connectivity index (χ3v) is 8.01. The number of hydrogen-bond acceptors (Lipinski definition) is 2. The van der Waals surface area contributed by atoms with Crippen LogP contribution in [0.1, 0.15) is 23.6 Å². The molecule has 3 nitrogen and oxygen atoms in total. The number of hydrogen-bond donors (Lipinski definition) is 1. The van der Waals surface area contributed by atoms with Gasteiger partial charge in [0.05, 0.1) is 16.7 Å². The third kappa shape index (κ3) is 4.41. The minimum absolute atomic E-state index is 0.533. The van der Waals surface area contributed by atoms with Crippen molar-refractivity contribution in [3.63, 3.8) is 0 Å². The molecule has 0 spiro atoms. The Labute approximate surface area is 240 Å². The van der Waals surface area contributed by atoms with Crippen molar-refractivity contribution in [2.75, 3.05) is 0 Å². The van der Waals surface area contributed by atoms with E-state index in [1.807, 2.05) is 13.1 Å². The Balaban J connectivity index is 1.50. The topological polar surface area (TPSA) is 43.3 Å². The molecule has 3 heteroatoms. The van der Waals surface area contributed by atoms with Crippen LogP contribution in [0.3, 0.4) is 0 Å². The highest BCUT2D eigenvalue weighted by molar-refractivity contribution is 6.21. The molecule has 1 heterocycles. The summed E-state index contributed by atoms with van der Waals surface area (Å²) in [5, 5.41) is 5.07. The zero-order valence-electron chi connectivity index (χ0n) is 23.1. The van der Waals surface area contributed by atoms with Gasteiger partial charge < -0.3 is 10.3 Å². The van der Waals surface area contributed by atoms with E-state index in [1.54, 1.807) is 0 Å². The van der Waals surface area contributed by atoms with Crippen LogP contribution in [0, 0.1) is 0 Å². The summed E-state index contributed by atoms with van der Waals surface area (Å²) in [6.07, 6.45) is 2.65. The standard InChI is InChI=1S/C38H31N3/c1-2-40-35-17-9-16-31(34(35)23-26-10-8-11-27(22-26)25-39)29-18-20-33-37(24-29)41(30-13-4-3-5-14-30)36-21-19-28-12-6-7-15-32(28)38(33)36/h2-22,24H,23,25,39H2,1H3. The molecule has 0 unspecified atom stereocenters. The Kier molecular flexibility index (Phi) is 6.42. The van der Waals surface area contributed by atoms with Crippen molar-refractivity contribution < 1.29 is 0 Å². The smallest absolute Gasteiger partial charge is 0.0667 e. The molecule has 0 amide bonds. The van der Waals surface area contributed by atoms with E-state index in [0.717, 1.165) is 23.4 Å². The van der Waals surface area contributed by atoms with E-state index < -0.39 is 0 Å². The van der Waals surface area contributed by atoms with E-state index in [9.17, 15) is 0 Å². The van der Waals surface area contributed by atoms with Gasteiger partial charge in [-0.2, -0.15) is 0 Å². The molecule has 2 N–H and O–H groups in total. The fourth-order valence-electron chi connectivity index (χ4n) is 6.17. The average molecular weight is 530 g/mol. The molecule has 1 aromatic heterocycles. The summed E-state index contributed by atoms with van der Waals surface area (Å²) in [7, 11) is 0. The molecule has 0 aliphatic carbocycles. The van der Waals surface area contributed by atoms with Gasteiger partial charge in [0.25, 0.3) is 0 Å². The number of nitrogens with zero attached hydrogens (tertiary/aromatic N) is 2. The molecule has 198 valence electrons. The van der Waals surface area contributed by atoms with E-state index in [-0.39, 0.29) is 0 Å². The first-order valence-electron chi connectivity index (χ1n) is 14.2. The summed E-state index contributed by atoms with van der Waals surface area (Å²) < 4.78 is 2.40. The van der Waals surface area contributed by atoms with Crippen LogP contribution < -0.4 is 5.73 Å². The maximum absolute atomic E-state index is 5.97. The van der Waals surface area contributed by atoms with E-state index in [0.29, 0.717) is 6.54 Å². The molecule has 0 aliphatic heterocycles. The van der Waals surface area contributed by atoms with Crippen molar-refractivity contribution in [3.05, 3.63) is 144 Å². The Bertz CT molecular complexity index is 2070. The molecular formula is C38H31N3. The number of nitrogens with two attached hydrogens (primary N) is 1. The van der Waals surface area contributed by atoms with Gasteiger partial charge in [-0.15, -0.1) is 0 Å². The Morgan fingerprint density at radius 2 is 1.49 bits per heavy atom. The zero-order chi connectivity index (χ0) is 27.8. The van der Waals surface area contributed by atoms with Crippen molar-refractivity contribution in [2.45, 2.75) is 19.9 Å². The summed E-state index contributed by atoms with van der Waals surface area (Å²) >= 11 is 0. The molecule has 7 aromatic rings. The SMILES string of the molecule is CC=Nc1cccc(-c2ccc3c4c5ccccc5ccc4n(-c4ccccc4)c3c2)c1Cc1cccc(CN)c1.